The highest BCUT2D eigenvalue weighted by atomic mass is 16.5. The molecular weight excluding hydrogens is 322 g/mol. The molecular formula is C18H23N3O4. The molecule has 3 rings (SSSR count). The average molecular weight is 345 g/mol. The Bertz CT molecular complexity index is 730. The summed E-state index contributed by atoms with van der Waals surface area (Å²) in [6.45, 7) is 0. The first-order valence-corrected chi connectivity index (χ1v) is 8.20. The fourth-order valence-corrected chi connectivity index (χ4v) is 3.14. The first kappa shape index (κ1) is 17.3. The maximum atomic E-state index is 12.8. The summed E-state index contributed by atoms with van der Waals surface area (Å²) in [5.74, 6) is 1.09. The van der Waals surface area contributed by atoms with Crippen LogP contribution in [-0.4, -0.2) is 41.1 Å². The van der Waals surface area contributed by atoms with Crippen LogP contribution in [0.15, 0.2) is 30.6 Å². The number of hydrogen-bond acceptors (Lipinski definition) is 5. The number of amides is 1. The second-order valence-corrected chi connectivity index (χ2v) is 6.39. The molecule has 1 aromatic heterocycles. The monoisotopic (exact) mass is 345 g/mol. The number of aliphatic hydroxyl groups is 1. The molecule has 0 spiro atoms. The molecule has 1 unspecified atom stereocenters. The van der Waals surface area contributed by atoms with E-state index in [0.717, 1.165) is 5.56 Å². The number of aryl methyl sites for hydroxylation is 1. The van der Waals surface area contributed by atoms with Crippen molar-refractivity contribution in [1.29, 1.82) is 0 Å². The number of aliphatic hydroxyl groups excluding tert-OH is 1. The van der Waals surface area contributed by atoms with Crippen LogP contribution in [0.3, 0.4) is 0 Å². The largest absolute Gasteiger partial charge is 0.497 e. The van der Waals surface area contributed by atoms with E-state index in [4.69, 9.17) is 9.47 Å². The van der Waals surface area contributed by atoms with Gasteiger partial charge in [-0.05, 0) is 30.9 Å². The number of ether oxygens (including phenoxy) is 2. The second kappa shape index (κ2) is 7.14. The van der Waals surface area contributed by atoms with Gasteiger partial charge in [0.25, 0.3) is 5.91 Å². The van der Waals surface area contributed by atoms with Crippen LogP contribution in [0, 0.1) is 5.92 Å². The molecule has 134 valence electrons. The van der Waals surface area contributed by atoms with Crippen molar-refractivity contribution >= 4 is 5.91 Å². The molecule has 0 radical (unpaired) electrons. The topological polar surface area (TPSA) is 85.6 Å². The van der Waals surface area contributed by atoms with Crippen LogP contribution in [0.5, 0.6) is 11.5 Å². The van der Waals surface area contributed by atoms with Gasteiger partial charge in [-0.25, -0.2) is 0 Å². The molecule has 0 aliphatic heterocycles. The lowest BCUT2D eigenvalue weighted by Crippen LogP contribution is -2.41. The fraction of sp³-hybridized carbons (Fsp3) is 0.444. The summed E-state index contributed by atoms with van der Waals surface area (Å²) < 4.78 is 12.2. The predicted octanol–water partition coefficient (Wildman–Crippen LogP) is 1.68. The first-order valence-electron chi connectivity index (χ1n) is 8.20. The van der Waals surface area contributed by atoms with Gasteiger partial charge in [0.15, 0.2) is 0 Å². The zero-order valence-corrected chi connectivity index (χ0v) is 14.6. The minimum atomic E-state index is -0.294. The molecule has 0 saturated heterocycles. The van der Waals surface area contributed by atoms with Crippen LogP contribution in [0.1, 0.15) is 34.8 Å². The van der Waals surface area contributed by atoms with Gasteiger partial charge in [-0.2, -0.15) is 5.10 Å². The molecule has 2 N–H and O–H groups in total. The van der Waals surface area contributed by atoms with Crippen molar-refractivity contribution in [2.24, 2.45) is 13.0 Å². The van der Waals surface area contributed by atoms with Crippen LogP contribution in [-0.2, 0) is 7.05 Å². The number of aromatic nitrogens is 2. The average Bonchev–Trinajstić information content (AvgIpc) is 3.02. The molecule has 1 atom stereocenters. The van der Waals surface area contributed by atoms with Crippen molar-refractivity contribution in [2.45, 2.75) is 25.0 Å². The molecule has 1 aromatic carbocycles. The maximum absolute atomic E-state index is 12.8. The van der Waals surface area contributed by atoms with Crippen molar-refractivity contribution in [2.75, 3.05) is 14.2 Å². The van der Waals surface area contributed by atoms with E-state index < -0.39 is 0 Å². The summed E-state index contributed by atoms with van der Waals surface area (Å²) in [5.41, 5.74) is 1.40. The summed E-state index contributed by atoms with van der Waals surface area (Å²) in [5, 5.41) is 16.9. The lowest BCUT2D eigenvalue weighted by Gasteiger charge is -2.37. The first-order chi connectivity index (χ1) is 12.0. The van der Waals surface area contributed by atoms with E-state index in [1.165, 1.54) is 0 Å². The van der Waals surface area contributed by atoms with Crippen molar-refractivity contribution in [1.82, 2.24) is 15.1 Å². The van der Waals surface area contributed by atoms with Gasteiger partial charge in [0.1, 0.15) is 11.5 Å². The molecule has 7 heteroatoms. The summed E-state index contributed by atoms with van der Waals surface area (Å²) in [6.07, 6.45) is 4.68. The standard InChI is InChI=1S/C18H23N3O4/c1-21-10-13(9-19-21)17(11-4-14(22)5-11)20-18(23)12-6-15(24-2)8-16(7-12)25-3/h6-11,14,17,22H,4-5H2,1-3H3,(H,20,23). The third kappa shape index (κ3) is 3.76. The van der Waals surface area contributed by atoms with Gasteiger partial charge >= 0.3 is 0 Å². The number of hydrogen-bond donors (Lipinski definition) is 2. The number of nitrogens with zero attached hydrogens (tertiary/aromatic N) is 2. The van der Waals surface area contributed by atoms with Gasteiger partial charge in [0, 0.05) is 30.4 Å². The van der Waals surface area contributed by atoms with E-state index in [-0.39, 0.29) is 24.0 Å². The summed E-state index contributed by atoms with van der Waals surface area (Å²) in [7, 11) is 4.93. The van der Waals surface area contributed by atoms with Crippen molar-refractivity contribution in [3.05, 3.63) is 41.7 Å². The summed E-state index contributed by atoms with van der Waals surface area (Å²) in [6, 6.07) is 4.88. The Morgan fingerprint density at radius 2 is 1.92 bits per heavy atom. The zero-order chi connectivity index (χ0) is 18.0. The van der Waals surface area contributed by atoms with Crippen LogP contribution >= 0.6 is 0 Å². The van der Waals surface area contributed by atoms with Crippen LogP contribution < -0.4 is 14.8 Å². The van der Waals surface area contributed by atoms with E-state index >= 15 is 0 Å². The van der Waals surface area contributed by atoms with Crippen LogP contribution in [0.4, 0.5) is 0 Å². The van der Waals surface area contributed by atoms with Crippen LogP contribution in [0.25, 0.3) is 0 Å². The third-order valence-electron chi connectivity index (χ3n) is 4.61. The molecule has 1 saturated carbocycles. The minimum Gasteiger partial charge on any atom is -0.497 e. The van der Waals surface area contributed by atoms with Crippen LogP contribution in [0.2, 0.25) is 0 Å². The molecule has 25 heavy (non-hydrogen) atoms. The fourth-order valence-electron chi connectivity index (χ4n) is 3.14. The highest BCUT2D eigenvalue weighted by molar-refractivity contribution is 5.95. The lowest BCUT2D eigenvalue weighted by molar-refractivity contribution is 0.0235. The molecule has 1 aliphatic carbocycles. The zero-order valence-electron chi connectivity index (χ0n) is 14.6. The molecule has 0 bridgehead atoms. The molecule has 1 amide bonds. The Balaban J connectivity index is 1.83. The van der Waals surface area contributed by atoms with E-state index in [2.05, 4.69) is 10.4 Å². The second-order valence-electron chi connectivity index (χ2n) is 6.39. The Labute approximate surface area is 146 Å². The highest BCUT2D eigenvalue weighted by Crippen LogP contribution is 2.38. The number of methoxy groups -OCH3 is 2. The quantitative estimate of drug-likeness (QED) is 0.832. The van der Waals surface area contributed by atoms with Crippen molar-refractivity contribution < 1.29 is 19.4 Å². The number of carbonyl (C=O) groups is 1. The molecule has 1 fully saturated rings. The van der Waals surface area contributed by atoms with Crippen molar-refractivity contribution in [3.63, 3.8) is 0 Å². The minimum absolute atomic E-state index is 0.190. The number of nitrogens with one attached hydrogen (secondary N) is 1. The number of rotatable bonds is 6. The molecule has 1 heterocycles. The van der Waals surface area contributed by atoms with Gasteiger partial charge in [0.2, 0.25) is 0 Å². The smallest absolute Gasteiger partial charge is 0.252 e. The Hall–Kier alpha value is -2.54. The predicted molar refractivity (Wildman–Crippen MR) is 91.7 cm³/mol. The summed E-state index contributed by atoms with van der Waals surface area (Å²) in [4.78, 5) is 12.8. The molecule has 1 aliphatic rings. The van der Waals surface area contributed by atoms with Gasteiger partial charge < -0.3 is 19.9 Å². The van der Waals surface area contributed by atoms with Gasteiger partial charge in [0.05, 0.1) is 32.6 Å². The van der Waals surface area contributed by atoms with E-state index in [1.54, 1.807) is 43.3 Å². The highest BCUT2D eigenvalue weighted by Gasteiger charge is 2.36. The Morgan fingerprint density at radius 1 is 1.28 bits per heavy atom. The van der Waals surface area contributed by atoms with E-state index in [9.17, 15) is 9.90 Å². The Morgan fingerprint density at radius 3 is 2.40 bits per heavy atom. The molecule has 2 aromatic rings. The van der Waals surface area contributed by atoms with Crippen molar-refractivity contribution in [3.8, 4) is 11.5 Å². The van der Waals surface area contributed by atoms with Gasteiger partial charge in [-0.3, -0.25) is 9.48 Å². The SMILES string of the molecule is COc1cc(OC)cc(C(=O)NC(c2cnn(C)c2)C2CC(O)C2)c1. The van der Waals surface area contributed by atoms with Gasteiger partial charge in [-0.15, -0.1) is 0 Å². The number of carbonyl (C=O) groups excluding carboxylic acids is 1. The Kier molecular flexibility index (Phi) is 4.94. The van der Waals surface area contributed by atoms with E-state index in [0.29, 0.717) is 29.9 Å². The lowest BCUT2D eigenvalue weighted by atomic mass is 9.75. The third-order valence-corrected chi connectivity index (χ3v) is 4.61. The number of benzene rings is 1. The molecule has 7 nitrogen and oxygen atoms in total. The van der Waals surface area contributed by atoms with Gasteiger partial charge in [-0.1, -0.05) is 0 Å². The summed E-state index contributed by atoms with van der Waals surface area (Å²) >= 11 is 0. The maximum Gasteiger partial charge on any atom is 0.252 e. The van der Waals surface area contributed by atoms with E-state index in [1.807, 2.05) is 13.2 Å². The normalized spacial score (nSPS) is 20.5.